The highest BCUT2D eigenvalue weighted by atomic mass is 19.1. The van der Waals surface area contributed by atoms with E-state index in [0.29, 0.717) is 22.6 Å². The third kappa shape index (κ3) is 4.57. The number of carbonyl (C=O) groups is 1. The van der Waals surface area contributed by atoms with Gasteiger partial charge in [0.1, 0.15) is 28.6 Å². The van der Waals surface area contributed by atoms with Crippen LogP contribution >= 0.6 is 0 Å². The largest absolute Gasteiger partial charge is 0.494 e. The number of ether oxygens (including phenoxy) is 1. The van der Waals surface area contributed by atoms with Crippen molar-refractivity contribution in [3.05, 3.63) is 106 Å². The van der Waals surface area contributed by atoms with Crippen LogP contribution in [0.3, 0.4) is 0 Å². The quantitative estimate of drug-likeness (QED) is 0.320. The summed E-state index contributed by atoms with van der Waals surface area (Å²) in [5, 5.41) is 2.71. The number of anilines is 2. The molecule has 40 heavy (non-hydrogen) atoms. The molecule has 0 unspecified atom stereocenters. The summed E-state index contributed by atoms with van der Waals surface area (Å²) in [5.74, 6) is -1.59. The first-order chi connectivity index (χ1) is 19.2. The van der Waals surface area contributed by atoms with E-state index < -0.39 is 23.1 Å². The second-order valence-electron chi connectivity index (χ2n) is 8.89. The minimum Gasteiger partial charge on any atom is -0.494 e. The molecule has 0 aliphatic carbocycles. The van der Waals surface area contributed by atoms with Gasteiger partial charge < -0.3 is 15.8 Å². The average molecular weight is 543 g/mol. The van der Waals surface area contributed by atoms with E-state index in [1.54, 1.807) is 56.4 Å². The van der Waals surface area contributed by atoms with Crippen molar-refractivity contribution >= 4 is 17.4 Å². The van der Waals surface area contributed by atoms with Gasteiger partial charge in [-0.1, -0.05) is 30.3 Å². The number of nitrogens with one attached hydrogen (secondary N) is 1. The number of aromatic nitrogens is 4. The fraction of sp³-hybridized carbons (Fsp3) is 0.103. The number of amides is 1. The topological polar surface area (TPSA) is 117 Å². The predicted molar refractivity (Wildman–Crippen MR) is 147 cm³/mol. The molecule has 202 valence electrons. The summed E-state index contributed by atoms with van der Waals surface area (Å²) in [4.78, 5) is 34.9. The number of para-hydroxylation sites is 1. The molecule has 0 saturated heterocycles. The SMILES string of the molecule is COc1cccc(-c2cnc(N)c(-c3ccc(NC(=O)c4c(C)n(C)n(-c5ccccc5F)c4=O)cc3)n2)c1F. The minimum absolute atomic E-state index is 0.0382. The van der Waals surface area contributed by atoms with Gasteiger partial charge in [-0.3, -0.25) is 14.3 Å². The Kier molecular flexibility index (Phi) is 6.87. The summed E-state index contributed by atoms with van der Waals surface area (Å²) < 4.78 is 36.8. The predicted octanol–water partition coefficient (Wildman–Crippen LogP) is 4.73. The molecule has 5 aromatic rings. The van der Waals surface area contributed by atoms with E-state index in [9.17, 15) is 18.4 Å². The highest BCUT2D eigenvalue weighted by Crippen LogP contribution is 2.31. The van der Waals surface area contributed by atoms with E-state index in [1.165, 1.54) is 42.3 Å². The van der Waals surface area contributed by atoms with Gasteiger partial charge in [-0.25, -0.2) is 23.4 Å². The van der Waals surface area contributed by atoms with Crippen LogP contribution in [-0.4, -0.2) is 32.3 Å². The monoisotopic (exact) mass is 542 g/mol. The summed E-state index contributed by atoms with van der Waals surface area (Å²) in [6, 6.07) is 17.1. The van der Waals surface area contributed by atoms with Gasteiger partial charge in [-0.05, 0) is 43.3 Å². The number of rotatable bonds is 6. The molecule has 3 N–H and O–H groups in total. The highest BCUT2D eigenvalue weighted by molar-refractivity contribution is 6.05. The number of methoxy groups -OCH3 is 1. The summed E-state index contributed by atoms with van der Waals surface area (Å²) >= 11 is 0. The number of nitrogens with two attached hydrogens (primary N) is 1. The lowest BCUT2D eigenvalue weighted by Gasteiger charge is -2.10. The standard InChI is InChI=1S/C29H24F2N6O3/c1-16-24(29(39)37(36(16)2)22-9-5-4-8-20(22)30)28(38)34-18-13-11-17(12-14-18)26-27(32)33-15-21(35-26)19-7-6-10-23(40-3)25(19)31/h4-15H,1-3H3,(H2,32,33)(H,34,38). The normalized spacial score (nSPS) is 10.9. The fourth-order valence-electron chi connectivity index (χ4n) is 4.38. The zero-order valence-electron chi connectivity index (χ0n) is 21.8. The Hall–Kier alpha value is -5.32. The van der Waals surface area contributed by atoms with E-state index in [-0.39, 0.29) is 34.1 Å². The van der Waals surface area contributed by atoms with E-state index >= 15 is 0 Å². The third-order valence-corrected chi connectivity index (χ3v) is 6.54. The molecule has 1 amide bonds. The molecular weight excluding hydrogens is 518 g/mol. The van der Waals surface area contributed by atoms with Gasteiger partial charge in [0.25, 0.3) is 11.5 Å². The minimum atomic E-state index is -0.649. The van der Waals surface area contributed by atoms with Crippen molar-refractivity contribution < 1.29 is 18.3 Å². The van der Waals surface area contributed by atoms with E-state index in [1.807, 2.05) is 0 Å². The van der Waals surface area contributed by atoms with Gasteiger partial charge >= 0.3 is 0 Å². The summed E-state index contributed by atoms with van der Waals surface area (Å²) in [6.07, 6.45) is 1.38. The Balaban J connectivity index is 1.43. The van der Waals surface area contributed by atoms with Crippen molar-refractivity contribution in [1.29, 1.82) is 0 Å². The van der Waals surface area contributed by atoms with Crippen molar-refractivity contribution in [2.75, 3.05) is 18.2 Å². The van der Waals surface area contributed by atoms with E-state index in [0.717, 1.165) is 4.68 Å². The number of benzene rings is 3. The Labute approximate surface area is 227 Å². The lowest BCUT2D eigenvalue weighted by atomic mass is 10.1. The van der Waals surface area contributed by atoms with Crippen LogP contribution in [0, 0.1) is 18.6 Å². The van der Waals surface area contributed by atoms with E-state index in [2.05, 4.69) is 15.3 Å². The second-order valence-corrected chi connectivity index (χ2v) is 8.89. The Morgan fingerprint density at radius 3 is 2.45 bits per heavy atom. The van der Waals surface area contributed by atoms with Crippen LogP contribution in [0.25, 0.3) is 28.2 Å². The molecule has 0 aliphatic heterocycles. The van der Waals surface area contributed by atoms with Gasteiger partial charge in [0.2, 0.25) is 0 Å². The molecule has 0 atom stereocenters. The Morgan fingerprint density at radius 2 is 1.75 bits per heavy atom. The maximum atomic E-state index is 14.8. The molecule has 2 heterocycles. The first kappa shape index (κ1) is 26.3. The van der Waals surface area contributed by atoms with Crippen LogP contribution in [-0.2, 0) is 7.05 Å². The third-order valence-electron chi connectivity index (χ3n) is 6.54. The average Bonchev–Trinajstić information content (AvgIpc) is 3.17. The molecule has 5 rings (SSSR count). The highest BCUT2D eigenvalue weighted by Gasteiger charge is 2.23. The van der Waals surface area contributed by atoms with Crippen LogP contribution in [0.5, 0.6) is 5.75 Å². The number of carbonyl (C=O) groups excluding carboxylic acids is 1. The summed E-state index contributed by atoms with van der Waals surface area (Å²) in [7, 11) is 2.95. The van der Waals surface area contributed by atoms with Gasteiger partial charge in [0, 0.05) is 23.9 Å². The summed E-state index contributed by atoms with van der Waals surface area (Å²) in [5.41, 5.74) is 7.48. The lowest BCUT2D eigenvalue weighted by molar-refractivity contribution is 0.102. The smallest absolute Gasteiger partial charge is 0.284 e. The van der Waals surface area contributed by atoms with Crippen LogP contribution in [0.15, 0.2) is 77.7 Å². The van der Waals surface area contributed by atoms with E-state index in [4.69, 9.17) is 10.5 Å². The zero-order chi connectivity index (χ0) is 28.6. The van der Waals surface area contributed by atoms with Gasteiger partial charge in [-0.2, -0.15) is 0 Å². The maximum Gasteiger partial charge on any atom is 0.284 e. The van der Waals surface area contributed by atoms with Crippen molar-refractivity contribution in [2.24, 2.45) is 7.05 Å². The van der Waals surface area contributed by atoms with Gasteiger partial charge in [0.05, 0.1) is 24.7 Å². The molecule has 11 heteroatoms. The van der Waals surface area contributed by atoms with Crippen LogP contribution in [0.4, 0.5) is 20.3 Å². The summed E-state index contributed by atoms with van der Waals surface area (Å²) in [6.45, 7) is 1.61. The van der Waals surface area contributed by atoms with Crippen molar-refractivity contribution in [3.8, 4) is 34.0 Å². The molecule has 0 saturated carbocycles. The Bertz CT molecular complexity index is 1810. The molecule has 0 radical (unpaired) electrons. The number of hydrogen-bond acceptors (Lipinski definition) is 6. The first-order valence-electron chi connectivity index (χ1n) is 12.1. The molecular formula is C29H24F2N6O3. The molecule has 0 spiro atoms. The second kappa shape index (κ2) is 10.4. The molecule has 2 aromatic heterocycles. The van der Waals surface area contributed by atoms with Gasteiger partial charge in [-0.15, -0.1) is 0 Å². The molecule has 0 fully saturated rings. The van der Waals surface area contributed by atoms with Crippen molar-refractivity contribution in [3.63, 3.8) is 0 Å². The Morgan fingerprint density at radius 1 is 1.02 bits per heavy atom. The van der Waals surface area contributed by atoms with Gasteiger partial charge in [0.15, 0.2) is 11.6 Å². The van der Waals surface area contributed by atoms with Crippen molar-refractivity contribution in [2.45, 2.75) is 6.92 Å². The molecule has 0 bridgehead atoms. The number of nitrogen functional groups attached to an aromatic ring is 1. The van der Waals surface area contributed by atoms with Crippen LogP contribution in [0.2, 0.25) is 0 Å². The number of halogens is 2. The molecule has 9 nitrogen and oxygen atoms in total. The molecule has 3 aromatic carbocycles. The number of hydrogen-bond donors (Lipinski definition) is 2. The number of nitrogens with zero attached hydrogens (tertiary/aromatic N) is 4. The zero-order valence-corrected chi connectivity index (χ0v) is 21.8. The lowest BCUT2D eigenvalue weighted by Crippen LogP contribution is -2.25. The molecule has 0 aliphatic rings. The van der Waals surface area contributed by atoms with Crippen molar-refractivity contribution in [1.82, 2.24) is 19.3 Å². The van der Waals surface area contributed by atoms with Crippen LogP contribution < -0.4 is 21.3 Å². The fourth-order valence-corrected chi connectivity index (χ4v) is 4.38. The maximum absolute atomic E-state index is 14.8. The van der Waals surface area contributed by atoms with Crippen LogP contribution in [0.1, 0.15) is 16.1 Å². The first-order valence-corrected chi connectivity index (χ1v) is 12.1.